The Morgan fingerprint density at radius 3 is 2.89 bits per heavy atom. The van der Waals surface area contributed by atoms with Crippen LogP contribution in [0.2, 0.25) is 0 Å². The topological polar surface area (TPSA) is 29.1 Å². The highest BCUT2D eigenvalue weighted by Gasteiger charge is 1.99. The third-order valence-corrected chi connectivity index (χ3v) is 1.11. The van der Waals surface area contributed by atoms with Crippen molar-refractivity contribution in [2.24, 2.45) is 0 Å². The van der Waals surface area contributed by atoms with Crippen molar-refractivity contribution in [3.05, 3.63) is 12.7 Å². The Kier molecular flexibility index (Phi) is 4.14. The number of hydrogen-bond acceptors (Lipinski definition) is 1. The van der Waals surface area contributed by atoms with Gasteiger partial charge in [-0.15, -0.1) is 18.2 Å². The molecule has 0 aromatic heterocycles. The molecule has 0 saturated heterocycles. The second-order valence-corrected chi connectivity index (χ2v) is 1.99. The monoisotopic (exact) mass is 147 g/mol. The van der Waals surface area contributed by atoms with Gasteiger partial charge in [0.05, 0.1) is 0 Å². The minimum atomic E-state index is -0.163. The maximum absolute atomic E-state index is 10.5. The molecule has 9 heavy (non-hydrogen) atoms. The maximum Gasteiger partial charge on any atom is 0.235 e. The molecule has 0 bridgehead atoms. The quantitative estimate of drug-likeness (QED) is 0.467. The lowest BCUT2D eigenvalue weighted by Crippen LogP contribution is -2.31. The van der Waals surface area contributed by atoms with Gasteiger partial charge in [0.15, 0.2) is 0 Å². The first kappa shape index (κ1) is 8.50. The Hall–Kier alpha value is -0.500. The molecule has 1 amide bonds. The molecule has 0 rings (SSSR count). The predicted octanol–water partition coefficient (Wildman–Crippen LogP) is 0.916. The molecule has 52 valence electrons. The molecule has 0 aliphatic carbocycles. The second-order valence-electron chi connectivity index (χ2n) is 1.73. The fourth-order valence-corrected chi connectivity index (χ4v) is 0.429. The standard InChI is InChI=1S/C6H10ClNO/c1-3-5(2)8-6(9)4-7/h3,5H,1,4H2,2H3,(H,8,9)/t5-/m1/s1. The predicted molar refractivity (Wildman–Crippen MR) is 38.5 cm³/mol. The van der Waals surface area contributed by atoms with Gasteiger partial charge in [-0.25, -0.2) is 0 Å². The van der Waals surface area contributed by atoms with E-state index in [1.807, 2.05) is 6.92 Å². The van der Waals surface area contributed by atoms with Gasteiger partial charge in [0.1, 0.15) is 5.88 Å². The molecule has 0 fully saturated rings. The average Bonchev–Trinajstić information content (AvgIpc) is 1.87. The summed E-state index contributed by atoms with van der Waals surface area (Å²) in [6.07, 6.45) is 1.64. The van der Waals surface area contributed by atoms with Crippen molar-refractivity contribution in [3.8, 4) is 0 Å². The van der Waals surface area contributed by atoms with Crippen LogP contribution in [0.1, 0.15) is 6.92 Å². The van der Waals surface area contributed by atoms with E-state index in [1.165, 1.54) is 0 Å². The van der Waals surface area contributed by atoms with Gasteiger partial charge in [-0.1, -0.05) is 6.08 Å². The summed E-state index contributed by atoms with van der Waals surface area (Å²) in [5.41, 5.74) is 0. The van der Waals surface area contributed by atoms with Crippen molar-refractivity contribution < 1.29 is 4.79 Å². The average molecular weight is 148 g/mol. The van der Waals surface area contributed by atoms with Crippen LogP contribution in [-0.4, -0.2) is 17.8 Å². The molecule has 0 heterocycles. The van der Waals surface area contributed by atoms with E-state index in [2.05, 4.69) is 11.9 Å². The van der Waals surface area contributed by atoms with Crippen LogP contribution in [-0.2, 0) is 4.79 Å². The maximum atomic E-state index is 10.5. The third-order valence-electron chi connectivity index (χ3n) is 0.864. The molecule has 0 saturated carbocycles. The summed E-state index contributed by atoms with van der Waals surface area (Å²) in [6.45, 7) is 5.32. The van der Waals surface area contributed by atoms with Crippen LogP contribution >= 0.6 is 11.6 Å². The third kappa shape index (κ3) is 4.03. The van der Waals surface area contributed by atoms with Gasteiger partial charge in [-0.05, 0) is 6.92 Å². The first-order chi connectivity index (χ1) is 4.20. The summed E-state index contributed by atoms with van der Waals surface area (Å²) in [5.74, 6) is -0.151. The Morgan fingerprint density at radius 2 is 2.56 bits per heavy atom. The van der Waals surface area contributed by atoms with E-state index in [0.717, 1.165) is 0 Å². The number of nitrogens with one attached hydrogen (secondary N) is 1. The molecule has 0 spiro atoms. The van der Waals surface area contributed by atoms with Crippen LogP contribution in [0.5, 0.6) is 0 Å². The van der Waals surface area contributed by atoms with Gasteiger partial charge < -0.3 is 5.32 Å². The lowest BCUT2D eigenvalue weighted by molar-refractivity contribution is -0.118. The van der Waals surface area contributed by atoms with Crippen molar-refractivity contribution in [2.75, 3.05) is 5.88 Å². The van der Waals surface area contributed by atoms with Crippen LogP contribution in [0.25, 0.3) is 0 Å². The minimum absolute atomic E-state index is 0.0104. The molecule has 0 aliphatic heterocycles. The SMILES string of the molecule is C=C[C@@H](C)NC(=O)CCl. The lowest BCUT2D eigenvalue weighted by Gasteiger charge is -2.05. The summed E-state index contributed by atoms with van der Waals surface area (Å²) >= 11 is 5.21. The van der Waals surface area contributed by atoms with Crippen molar-refractivity contribution in [1.82, 2.24) is 5.32 Å². The van der Waals surface area contributed by atoms with E-state index in [4.69, 9.17) is 11.6 Å². The van der Waals surface area contributed by atoms with Crippen molar-refractivity contribution in [1.29, 1.82) is 0 Å². The van der Waals surface area contributed by atoms with Crippen LogP contribution in [0.15, 0.2) is 12.7 Å². The Morgan fingerprint density at radius 1 is 2.00 bits per heavy atom. The summed E-state index contributed by atoms with van der Waals surface area (Å²) < 4.78 is 0. The molecular weight excluding hydrogens is 138 g/mol. The van der Waals surface area contributed by atoms with Gasteiger partial charge >= 0.3 is 0 Å². The van der Waals surface area contributed by atoms with E-state index < -0.39 is 0 Å². The van der Waals surface area contributed by atoms with Gasteiger partial charge in [0.2, 0.25) is 5.91 Å². The van der Waals surface area contributed by atoms with Crippen molar-refractivity contribution in [3.63, 3.8) is 0 Å². The summed E-state index contributed by atoms with van der Waals surface area (Å²) in [4.78, 5) is 10.5. The number of carbonyl (C=O) groups is 1. The first-order valence-corrected chi connectivity index (χ1v) is 3.22. The summed E-state index contributed by atoms with van der Waals surface area (Å²) in [5, 5.41) is 2.59. The zero-order valence-electron chi connectivity index (χ0n) is 5.36. The first-order valence-electron chi connectivity index (χ1n) is 2.68. The van der Waals surface area contributed by atoms with Crippen LogP contribution in [0.4, 0.5) is 0 Å². The largest absolute Gasteiger partial charge is 0.349 e. The van der Waals surface area contributed by atoms with E-state index in [-0.39, 0.29) is 17.8 Å². The van der Waals surface area contributed by atoms with Gasteiger partial charge in [0, 0.05) is 6.04 Å². The molecule has 0 radical (unpaired) electrons. The fourth-order valence-electron chi connectivity index (χ4n) is 0.351. The number of alkyl halides is 1. The Bertz CT molecular complexity index is 114. The van der Waals surface area contributed by atoms with E-state index in [9.17, 15) is 4.79 Å². The number of halogens is 1. The summed E-state index contributed by atoms with van der Waals surface area (Å²) in [7, 11) is 0. The lowest BCUT2D eigenvalue weighted by atomic mass is 10.3. The van der Waals surface area contributed by atoms with Gasteiger partial charge in [0.25, 0.3) is 0 Å². The molecule has 2 nitrogen and oxygen atoms in total. The molecule has 0 aromatic rings. The molecule has 0 unspecified atom stereocenters. The second kappa shape index (κ2) is 4.39. The Balaban J connectivity index is 3.46. The van der Waals surface area contributed by atoms with Crippen LogP contribution < -0.4 is 5.32 Å². The van der Waals surface area contributed by atoms with Gasteiger partial charge in [-0.2, -0.15) is 0 Å². The molecule has 0 aromatic carbocycles. The normalized spacial score (nSPS) is 12.2. The van der Waals surface area contributed by atoms with E-state index in [0.29, 0.717) is 0 Å². The van der Waals surface area contributed by atoms with E-state index >= 15 is 0 Å². The minimum Gasteiger partial charge on any atom is -0.349 e. The molecule has 0 aliphatic rings. The van der Waals surface area contributed by atoms with Crippen LogP contribution in [0, 0.1) is 0 Å². The van der Waals surface area contributed by atoms with Crippen LogP contribution in [0.3, 0.4) is 0 Å². The smallest absolute Gasteiger partial charge is 0.235 e. The fraction of sp³-hybridized carbons (Fsp3) is 0.500. The van der Waals surface area contributed by atoms with Crippen molar-refractivity contribution >= 4 is 17.5 Å². The number of rotatable bonds is 3. The van der Waals surface area contributed by atoms with Gasteiger partial charge in [-0.3, -0.25) is 4.79 Å². The summed E-state index contributed by atoms with van der Waals surface area (Å²) in [6, 6.07) is 0.0104. The molecule has 1 atom stereocenters. The molecule has 1 N–H and O–H groups in total. The Labute approximate surface area is 59.9 Å². The number of hydrogen-bond donors (Lipinski definition) is 1. The van der Waals surface area contributed by atoms with E-state index in [1.54, 1.807) is 6.08 Å². The van der Waals surface area contributed by atoms with Crippen molar-refractivity contribution in [2.45, 2.75) is 13.0 Å². The molecular formula is C6H10ClNO. The highest BCUT2D eigenvalue weighted by molar-refractivity contribution is 6.27. The number of amides is 1. The highest BCUT2D eigenvalue weighted by Crippen LogP contribution is 1.82. The molecule has 3 heteroatoms. The number of carbonyl (C=O) groups excluding carboxylic acids is 1. The zero-order valence-corrected chi connectivity index (χ0v) is 6.11. The zero-order chi connectivity index (χ0) is 7.28. The highest BCUT2D eigenvalue weighted by atomic mass is 35.5.